The van der Waals surface area contributed by atoms with Crippen LogP contribution in [0, 0.1) is 0 Å². The number of benzene rings is 2. The van der Waals surface area contributed by atoms with Gasteiger partial charge in [-0.15, -0.1) is 11.3 Å². The number of thiophene rings is 1. The fourth-order valence-electron chi connectivity index (χ4n) is 2.30. The topological polar surface area (TPSA) is 54.4 Å². The van der Waals surface area contributed by atoms with Gasteiger partial charge >= 0.3 is 0 Å². The molecular weight excluding hydrogens is 304 g/mol. The number of hydrogen-bond acceptors (Lipinski definition) is 4. The molecule has 0 aliphatic carbocycles. The Balaban J connectivity index is 2.08. The first-order valence-electron chi connectivity index (χ1n) is 6.41. The molecule has 2 aromatic carbocycles. The van der Waals surface area contributed by atoms with Crippen LogP contribution < -0.4 is 0 Å². The van der Waals surface area contributed by atoms with Crippen molar-refractivity contribution < 1.29 is 13.5 Å². The van der Waals surface area contributed by atoms with E-state index in [1.165, 1.54) is 18.4 Å². The van der Waals surface area contributed by atoms with Gasteiger partial charge in [0.1, 0.15) is 6.10 Å². The normalized spacial score (nSPS) is 13.4. The minimum absolute atomic E-state index is 0.221. The monoisotopic (exact) mass is 318 g/mol. The zero-order valence-electron chi connectivity index (χ0n) is 11.4. The predicted molar refractivity (Wildman–Crippen MR) is 85.4 cm³/mol. The minimum atomic E-state index is -3.28. The van der Waals surface area contributed by atoms with Crippen LogP contribution in [0.5, 0.6) is 0 Å². The summed E-state index contributed by atoms with van der Waals surface area (Å²) in [4.78, 5) is 0.221. The molecule has 1 heterocycles. The molecule has 1 aromatic heterocycles. The summed E-state index contributed by atoms with van der Waals surface area (Å²) in [5.41, 5.74) is 1.39. The summed E-state index contributed by atoms with van der Waals surface area (Å²) < 4.78 is 24.4. The zero-order valence-corrected chi connectivity index (χ0v) is 13.0. The van der Waals surface area contributed by atoms with Gasteiger partial charge in [-0.05, 0) is 34.5 Å². The number of sulfone groups is 1. The summed E-state index contributed by atoms with van der Waals surface area (Å²) in [5, 5.41) is 13.5. The van der Waals surface area contributed by atoms with E-state index in [0.29, 0.717) is 5.56 Å². The molecule has 3 rings (SSSR count). The lowest BCUT2D eigenvalue weighted by atomic mass is 10.0. The van der Waals surface area contributed by atoms with E-state index in [9.17, 15) is 13.5 Å². The van der Waals surface area contributed by atoms with Crippen LogP contribution in [0.4, 0.5) is 0 Å². The first-order valence-corrected chi connectivity index (χ1v) is 9.18. The maximum atomic E-state index is 11.6. The van der Waals surface area contributed by atoms with Gasteiger partial charge in [-0.3, -0.25) is 0 Å². The van der Waals surface area contributed by atoms with Gasteiger partial charge in [0.15, 0.2) is 9.84 Å². The predicted octanol–water partition coefficient (Wildman–Crippen LogP) is 3.39. The SMILES string of the molecule is CS(=O)(=O)c1cccc(C(O)c2csc3ccccc23)c1. The molecule has 1 unspecified atom stereocenters. The Morgan fingerprint density at radius 1 is 1.10 bits per heavy atom. The van der Waals surface area contributed by atoms with Gasteiger partial charge in [-0.2, -0.15) is 0 Å². The fraction of sp³-hybridized carbons (Fsp3) is 0.125. The standard InChI is InChI=1S/C16H14O3S2/c1-21(18,19)12-6-4-5-11(9-12)16(17)14-10-20-15-8-3-2-7-13(14)15/h2-10,16-17H,1H3. The first-order chi connectivity index (χ1) is 9.97. The molecule has 21 heavy (non-hydrogen) atoms. The molecular formula is C16H14O3S2. The Labute approximate surface area is 127 Å². The molecule has 0 radical (unpaired) electrons. The number of fused-ring (bicyclic) bond motifs is 1. The maximum absolute atomic E-state index is 11.6. The van der Waals surface area contributed by atoms with Gasteiger partial charge in [-0.25, -0.2) is 8.42 Å². The van der Waals surface area contributed by atoms with Crippen LogP contribution in [-0.2, 0) is 9.84 Å². The van der Waals surface area contributed by atoms with E-state index in [0.717, 1.165) is 15.6 Å². The Morgan fingerprint density at radius 3 is 2.62 bits per heavy atom. The average molecular weight is 318 g/mol. The van der Waals surface area contributed by atoms with Gasteiger partial charge in [-0.1, -0.05) is 30.3 Å². The molecule has 1 atom stereocenters. The second-order valence-corrected chi connectivity index (χ2v) is 7.86. The molecule has 5 heteroatoms. The smallest absolute Gasteiger partial charge is 0.175 e. The first kappa shape index (κ1) is 14.3. The van der Waals surface area contributed by atoms with Gasteiger partial charge in [0.25, 0.3) is 0 Å². The van der Waals surface area contributed by atoms with Crippen molar-refractivity contribution >= 4 is 31.3 Å². The molecule has 0 saturated heterocycles. The molecule has 0 aliphatic rings. The summed E-state index contributed by atoms with van der Waals surface area (Å²) in [5.74, 6) is 0. The maximum Gasteiger partial charge on any atom is 0.175 e. The highest BCUT2D eigenvalue weighted by Crippen LogP contribution is 2.33. The summed E-state index contributed by atoms with van der Waals surface area (Å²) in [7, 11) is -3.28. The van der Waals surface area contributed by atoms with Gasteiger partial charge in [0.05, 0.1) is 4.90 Å². The Morgan fingerprint density at radius 2 is 1.86 bits per heavy atom. The van der Waals surface area contributed by atoms with E-state index in [2.05, 4.69) is 0 Å². The number of hydrogen-bond donors (Lipinski definition) is 1. The molecule has 3 nitrogen and oxygen atoms in total. The summed E-state index contributed by atoms with van der Waals surface area (Å²) >= 11 is 1.57. The minimum Gasteiger partial charge on any atom is -0.384 e. The van der Waals surface area contributed by atoms with E-state index in [-0.39, 0.29) is 4.90 Å². The molecule has 0 saturated carbocycles. The van der Waals surface area contributed by atoms with Crippen molar-refractivity contribution in [2.24, 2.45) is 0 Å². The summed E-state index contributed by atoms with van der Waals surface area (Å²) in [6.07, 6.45) is 0.334. The largest absolute Gasteiger partial charge is 0.384 e. The van der Waals surface area contributed by atoms with Crippen LogP contribution >= 0.6 is 11.3 Å². The molecule has 1 N–H and O–H groups in total. The van der Waals surface area contributed by atoms with Gasteiger partial charge in [0, 0.05) is 16.5 Å². The second-order valence-electron chi connectivity index (χ2n) is 4.93. The van der Waals surface area contributed by atoms with Crippen molar-refractivity contribution in [2.45, 2.75) is 11.0 Å². The molecule has 3 aromatic rings. The highest BCUT2D eigenvalue weighted by atomic mass is 32.2. The Bertz CT molecular complexity index is 895. The van der Waals surface area contributed by atoms with Crippen molar-refractivity contribution in [2.75, 3.05) is 6.26 Å². The molecule has 0 spiro atoms. The van der Waals surface area contributed by atoms with Gasteiger partial charge in [0.2, 0.25) is 0 Å². The Hall–Kier alpha value is -1.69. The van der Waals surface area contributed by atoms with E-state index in [4.69, 9.17) is 0 Å². The van der Waals surface area contributed by atoms with Crippen LogP contribution in [0.25, 0.3) is 10.1 Å². The van der Waals surface area contributed by atoms with Crippen molar-refractivity contribution in [1.82, 2.24) is 0 Å². The number of aliphatic hydroxyl groups excluding tert-OH is 1. The van der Waals surface area contributed by atoms with E-state index in [1.807, 2.05) is 29.6 Å². The average Bonchev–Trinajstić information content (AvgIpc) is 2.90. The van der Waals surface area contributed by atoms with E-state index in [1.54, 1.807) is 23.5 Å². The fourth-order valence-corrected chi connectivity index (χ4v) is 3.96. The van der Waals surface area contributed by atoms with Crippen molar-refractivity contribution in [3.8, 4) is 0 Å². The molecule has 0 bridgehead atoms. The number of aliphatic hydroxyl groups is 1. The molecule has 0 aliphatic heterocycles. The molecule has 0 amide bonds. The lowest BCUT2D eigenvalue weighted by Gasteiger charge is -2.11. The summed E-state index contributed by atoms with van der Waals surface area (Å²) in [6, 6.07) is 14.3. The van der Waals surface area contributed by atoms with Crippen molar-refractivity contribution in [3.05, 3.63) is 65.0 Å². The van der Waals surface area contributed by atoms with Crippen LogP contribution in [0.3, 0.4) is 0 Å². The second kappa shape index (κ2) is 5.26. The molecule has 0 fully saturated rings. The van der Waals surface area contributed by atoms with Crippen LogP contribution in [0.2, 0.25) is 0 Å². The highest BCUT2D eigenvalue weighted by Gasteiger charge is 2.17. The Kier molecular flexibility index (Phi) is 3.57. The van der Waals surface area contributed by atoms with Crippen LogP contribution in [-0.4, -0.2) is 19.8 Å². The third-order valence-corrected chi connectivity index (χ3v) is 5.50. The number of rotatable bonds is 3. The highest BCUT2D eigenvalue weighted by molar-refractivity contribution is 7.90. The third-order valence-electron chi connectivity index (χ3n) is 3.41. The van der Waals surface area contributed by atoms with E-state index >= 15 is 0 Å². The quantitative estimate of drug-likeness (QED) is 0.805. The zero-order chi connectivity index (χ0) is 15.0. The van der Waals surface area contributed by atoms with Crippen molar-refractivity contribution in [1.29, 1.82) is 0 Å². The lowest BCUT2D eigenvalue weighted by molar-refractivity contribution is 0.222. The van der Waals surface area contributed by atoms with Crippen LogP contribution in [0.1, 0.15) is 17.2 Å². The lowest BCUT2D eigenvalue weighted by Crippen LogP contribution is -2.02. The third kappa shape index (κ3) is 2.72. The van der Waals surface area contributed by atoms with Crippen LogP contribution in [0.15, 0.2) is 58.8 Å². The van der Waals surface area contributed by atoms with Crippen molar-refractivity contribution in [3.63, 3.8) is 0 Å². The summed E-state index contributed by atoms with van der Waals surface area (Å²) in [6.45, 7) is 0. The van der Waals surface area contributed by atoms with Gasteiger partial charge < -0.3 is 5.11 Å². The molecule has 108 valence electrons. The van der Waals surface area contributed by atoms with E-state index < -0.39 is 15.9 Å².